The van der Waals surface area contributed by atoms with Crippen molar-refractivity contribution in [2.24, 2.45) is 0 Å². The molecule has 148 valence electrons. The zero-order valence-electron chi connectivity index (χ0n) is 15.9. The Morgan fingerprint density at radius 3 is 2.46 bits per heavy atom. The van der Waals surface area contributed by atoms with Crippen molar-refractivity contribution in [3.8, 4) is 5.75 Å². The largest absolute Gasteiger partial charge is 0.496 e. The first-order valence-corrected chi connectivity index (χ1v) is 9.57. The van der Waals surface area contributed by atoms with E-state index in [0.717, 1.165) is 42.9 Å². The van der Waals surface area contributed by atoms with Gasteiger partial charge in [-0.15, -0.1) is 0 Å². The van der Waals surface area contributed by atoms with Gasteiger partial charge in [-0.25, -0.2) is 0 Å². The van der Waals surface area contributed by atoms with Crippen LogP contribution < -0.4 is 9.64 Å². The lowest BCUT2D eigenvalue weighted by Crippen LogP contribution is -2.34. The third-order valence-electron chi connectivity index (χ3n) is 5.51. The summed E-state index contributed by atoms with van der Waals surface area (Å²) in [6.07, 6.45) is 1.44. The molecule has 2 aromatic carbocycles. The Bertz CT molecular complexity index is 842. The van der Waals surface area contributed by atoms with Crippen molar-refractivity contribution >= 4 is 11.4 Å². The van der Waals surface area contributed by atoms with E-state index in [0.29, 0.717) is 19.1 Å². The van der Waals surface area contributed by atoms with Crippen LogP contribution >= 0.6 is 0 Å². The van der Waals surface area contributed by atoms with Crippen LogP contribution in [0.5, 0.6) is 5.75 Å². The number of methoxy groups -OCH3 is 1. The van der Waals surface area contributed by atoms with Gasteiger partial charge in [0.25, 0.3) is 5.69 Å². The van der Waals surface area contributed by atoms with Crippen LogP contribution in [0.1, 0.15) is 36.2 Å². The number of nitro benzene ring substituents is 1. The maximum Gasteiger partial charge on any atom is 0.270 e. The number of nitrogens with zero attached hydrogens (tertiary/aromatic N) is 2. The molecule has 2 aliphatic heterocycles. The monoisotopic (exact) mass is 384 g/mol. The van der Waals surface area contributed by atoms with Crippen LogP contribution in [-0.2, 0) is 9.47 Å². The van der Waals surface area contributed by atoms with Crippen molar-refractivity contribution < 1.29 is 19.1 Å². The number of piperidine rings is 1. The van der Waals surface area contributed by atoms with Gasteiger partial charge in [-0.2, -0.15) is 0 Å². The molecule has 0 saturated carbocycles. The molecule has 2 fully saturated rings. The van der Waals surface area contributed by atoms with Crippen molar-refractivity contribution in [1.29, 1.82) is 0 Å². The van der Waals surface area contributed by atoms with Gasteiger partial charge in [0.2, 0.25) is 0 Å². The van der Waals surface area contributed by atoms with E-state index in [-0.39, 0.29) is 10.6 Å². The van der Waals surface area contributed by atoms with Gasteiger partial charge in [0, 0.05) is 36.5 Å². The number of hydrogen-bond donors (Lipinski definition) is 0. The Labute approximate surface area is 164 Å². The highest BCUT2D eigenvalue weighted by Gasteiger charge is 2.29. The Morgan fingerprint density at radius 2 is 1.79 bits per heavy atom. The molecule has 0 atom stereocenters. The van der Waals surface area contributed by atoms with Crippen molar-refractivity contribution in [2.75, 3.05) is 38.3 Å². The van der Waals surface area contributed by atoms with Gasteiger partial charge in [-0.1, -0.05) is 18.2 Å². The Kier molecular flexibility index (Phi) is 5.45. The van der Waals surface area contributed by atoms with Crippen LogP contribution in [0.15, 0.2) is 42.5 Å². The van der Waals surface area contributed by atoms with Gasteiger partial charge in [0.05, 0.1) is 25.2 Å². The SMILES string of the molecule is COc1ccccc1C1CCN(c2ccc([N+](=O)[O-])cc2C2OCCO2)CC1. The maximum absolute atomic E-state index is 11.2. The van der Waals surface area contributed by atoms with Crippen LogP contribution in [0.4, 0.5) is 11.4 Å². The minimum absolute atomic E-state index is 0.0572. The van der Waals surface area contributed by atoms with E-state index in [9.17, 15) is 10.1 Å². The average Bonchev–Trinajstić information content (AvgIpc) is 3.28. The summed E-state index contributed by atoms with van der Waals surface area (Å²) in [5, 5.41) is 11.2. The lowest BCUT2D eigenvalue weighted by Gasteiger charge is -2.35. The summed E-state index contributed by atoms with van der Waals surface area (Å²) in [4.78, 5) is 13.1. The lowest BCUT2D eigenvalue weighted by molar-refractivity contribution is -0.385. The fraction of sp³-hybridized carbons (Fsp3) is 0.429. The molecule has 2 aliphatic rings. The van der Waals surface area contributed by atoms with Crippen LogP contribution in [0.25, 0.3) is 0 Å². The highest BCUT2D eigenvalue weighted by atomic mass is 16.7. The van der Waals surface area contributed by atoms with E-state index in [1.165, 1.54) is 5.56 Å². The molecule has 7 nitrogen and oxygen atoms in total. The molecule has 0 amide bonds. The summed E-state index contributed by atoms with van der Waals surface area (Å²) >= 11 is 0. The molecule has 0 unspecified atom stereocenters. The second-order valence-corrected chi connectivity index (χ2v) is 7.08. The number of para-hydroxylation sites is 1. The molecule has 2 saturated heterocycles. The van der Waals surface area contributed by atoms with Crippen molar-refractivity contribution in [3.05, 3.63) is 63.7 Å². The third kappa shape index (κ3) is 3.68. The molecule has 0 N–H and O–H groups in total. The minimum Gasteiger partial charge on any atom is -0.496 e. The number of anilines is 1. The molecular formula is C21H24N2O5. The van der Waals surface area contributed by atoms with Gasteiger partial charge < -0.3 is 19.1 Å². The number of hydrogen-bond acceptors (Lipinski definition) is 6. The van der Waals surface area contributed by atoms with Gasteiger partial charge in [-0.3, -0.25) is 10.1 Å². The molecule has 28 heavy (non-hydrogen) atoms. The summed E-state index contributed by atoms with van der Waals surface area (Å²) in [7, 11) is 1.71. The van der Waals surface area contributed by atoms with Gasteiger partial charge in [0.15, 0.2) is 6.29 Å². The Morgan fingerprint density at radius 1 is 1.07 bits per heavy atom. The molecule has 0 spiro atoms. The standard InChI is InChI=1S/C21H24N2O5/c1-26-20-5-3-2-4-17(20)15-8-10-22(11-9-15)19-7-6-16(23(24)25)14-18(19)21-27-12-13-28-21/h2-7,14-15,21H,8-13H2,1H3. The summed E-state index contributed by atoms with van der Waals surface area (Å²) < 4.78 is 16.8. The molecule has 7 heteroatoms. The Balaban J connectivity index is 1.55. The van der Waals surface area contributed by atoms with Crippen LogP contribution in [0, 0.1) is 10.1 Å². The molecule has 2 heterocycles. The van der Waals surface area contributed by atoms with E-state index in [1.54, 1.807) is 19.2 Å². The number of non-ortho nitro benzene ring substituents is 1. The average molecular weight is 384 g/mol. The zero-order valence-corrected chi connectivity index (χ0v) is 15.9. The van der Waals surface area contributed by atoms with Crippen molar-refractivity contribution in [3.63, 3.8) is 0 Å². The molecular weight excluding hydrogens is 360 g/mol. The highest BCUT2D eigenvalue weighted by Crippen LogP contribution is 2.39. The molecule has 4 rings (SSSR count). The van der Waals surface area contributed by atoms with E-state index in [4.69, 9.17) is 14.2 Å². The topological polar surface area (TPSA) is 74.1 Å². The fourth-order valence-corrected chi connectivity index (χ4v) is 4.11. The van der Waals surface area contributed by atoms with Crippen LogP contribution in [-0.4, -0.2) is 38.3 Å². The quantitative estimate of drug-likeness (QED) is 0.572. The van der Waals surface area contributed by atoms with Gasteiger partial charge in [-0.05, 0) is 36.5 Å². The first kappa shape index (κ1) is 18.7. The highest BCUT2D eigenvalue weighted by molar-refractivity contribution is 5.59. The second kappa shape index (κ2) is 8.16. The number of benzene rings is 2. The van der Waals surface area contributed by atoms with Crippen LogP contribution in [0.3, 0.4) is 0 Å². The van der Waals surface area contributed by atoms with Crippen molar-refractivity contribution in [1.82, 2.24) is 0 Å². The van der Waals surface area contributed by atoms with E-state index in [1.807, 2.05) is 24.3 Å². The first-order chi connectivity index (χ1) is 13.7. The molecule has 0 bridgehead atoms. The summed E-state index contributed by atoms with van der Waals surface area (Å²) in [5.74, 6) is 1.37. The Hall–Kier alpha value is -2.64. The predicted molar refractivity (Wildman–Crippen MR) is 105 cm³/mol. The molecule has 0 radical (unpaired) electrons. The lowest BCUT2D eigenvalue weighted by atomic mass is 9.88. The van der Waals surface area contributed by atoms with E-state index in [2.05, 4.69) is 11.0 Å². The van der Waals surface area contributed by atoms with Crippen molar-refractivity contribution in [2.45, 2.75) is 25.0 Å². The summed E-state index contributed by atoms with van der Waals surface area (Å²) in [6, 6.07) is 13.1. The predicted octanol–water partition coefficient (Wildman–Crippen LogP) is 4.03. The van der Waals surface area contributed by atoms with Gasteiger partial charge in [0.1, 0.15) is 5.75 Å². The second-order valence-electron chi connectivity index (χ2n) is 7.08. The van der Waals surface area contributed by atoms with E-state index >= 15 is 0 Å². The summed E-state index contributed by atoms with van der Waals surface area (Å²) in [5.41, 5.74) is 3.00. The zero-order chi connectivity index (χ0) is 19.5. The van der Waals surface area contributed by atoms with E-state index < -0.39 is 6.29 Å². The molecule has 0 aliphatic carbocycles. The smallest absolute Gasteiger partial charge is 0.270 e. The van der Waals surface area contributed by atoms with Crippen LogP contribution in [0.2, 0.25) is 0 Å². The number of rotatable bonds is 5. The molecule has 2 aromatic rings. The minimum atomic E-state index is -0.540. The normalized spacial score (nSPS) is 18.4. The third-order valence-corrected chi connectivity index (χ3v) is 5.51. The van der Waals surface area contributed by atoms with Gasteiger partial charge >= 0.3 is 0 Å². The summed E-state index contributed by atoms with van der Waals surface area (Å²) in [6.45, 7) is 2.73. The first-order valence-electron chi connectivity index (χ1n) is 9.57. The maximum atomic E-state index is 11.2. The fourth-order valence-electron chi connectivity index (χ4n) is 4.11. The number of nitro groups is 1. The number of ether oxygens (including phenoxy) is 3. The molecule has 0 aromatic heterocycles.